The van der Waals surface area contributed by atoms with Crippen LogP contribution in [0.3, 0.4) is 0 Å². The second-order valence-corrected chi connectivity index (χ2v) is 5.28. The van der Waals surface area contributed by atoms with Crippen LogP contribution in [0.15, 0.2) is 10.6 Å². The lowest BCUT2D eigenvalue weighted by Gasteiger charge is -2.24. The highest BCUT2D eigenvalue weighted by Crippen LogP contribution is 2.19. The summed E-state index contributed by atoms with van der Waals surface area (Å²) >= 11 is 0. The average Bonchev–Trinajstić information content (AvgIpc) is 3.09. The maximum absolute atomic E-state index is 5.39. The summed E-state index contributed by atoms with van der Waals surface area (Å²) < 4.78 is 5.39. The summed E-state index contributed by atoms with van der Waals surface area (Å²) in [5.74, 6) is 1.01. The van der Waals surface area contributed by atoms with Crippen molar-refractivity contribution in [3.63, 3.8) is 0 Å². The molecule has 0 amide bonds. The normalized spacial score (nSPS) is 21.9. The highest BCUT2D eigenvalue weighted by molar-refractivity contribution is 5.05. The van der Waals surface area contributed by atoms with Gasteiger partial charge in [0.05, 0.1) is 12.2 Å². The summed E-state index contributed by atoms with van der Waals surface area (Å²) in [7, 11) is 0. The first-order valence-corrected chi connectivity index (χ1v) is 6.80. The zero-order chi connectivity index (χ0) is 11.5. The van der Waals surface area contributed by atoms with Crippen molar-refractivity contribution in [1.29, 1.82) is 0 Å². The number of hydrogen-bond donors (Lipinski definition) is 1. The molecule has 1 aromatic rings. The van der Waals surface area contributed by atoms with Gasteiger partial charge in [0, 0.05) is 18.7 Å². The van der Waals surface area contributed by atoms with Crippen LogP contribution < -0.4 is 5.32 Å². The molecule has 2 fully saturated rings. The van der Waals surface area contributed by atoms with Crippen molar-refractivity contribution in [3.05, 3.63) is 17.5 Å². The van der Waals surface area contributed by atoms with Crippen molar-refractivity contribution in [2.75, 3.05) is 13.1 Å². The van der Waals surface area contributed by atoms with Crippen LogP contribution in [0.25, 0.3) is 0 Å². The average molecular weight is 235 g/mol. The van der Waals surface area contributed by atoms with Crippen LogP contribution in [0.4, 0.5) is 0 Å². The Morgan fingerprint density at radius 1 is 1.29 bits per heavy atom. The van der Waals surface area contributed by atoms with Crippen molar-refractivity contribution in [3.8, 4) is 0 Å². The summed E-state index contributed by atoms with van der Waals surface area (Å²) in [4.78, 5) is 2.46. The number of rotatable bonds is 5. The van der Waals surface area contributed by atoms with E-state index in [1.165, 1.54) is 45.2 Å². The molecule has 0 spiro atoms. The van der Waals surface area contributed by atoms with Crippen molar-refractivity contribution >= 4 is 0 Å². The minimum absolute atomic E-state index is 0.734. The van der Waals surface area contributed by atoms with Gasteiger partial charge in [-0.3, -0.25) is 4.90 Å². The third-order valence-corrected chi connectivity index (χ3v) is 3.59. The molecule has 1 N–H and O–H groups in total. The summed E-state index contributed by atoms with van der Waals surface area (Å²) in [6.45, 7) is 4.19. The molecule has 1 saturated carbocycles. The van der Waals surface area contributed by atoms with Gasteiger partial charge < -0.3 is 9.84 Å². The predicted molar refractivity (Wildman–Crippen MR) is 65.5 cm³/mol. The third-order valence-electron chi connectivity index (χ3n) is 3.59. The lowest BCUT2D eigenvalue weighted by molar-refractivity contribution is 0.197. The van der Waals surface area contributed by atoms with Gasteiger partial charge in [0.1, 0.15) is 0 Å². The SMILES string of the molecule is c1c(CNC2CC2)noc1CN1CCCCC1. The minimum atomic E-state index is 0.734. The first-order valence-electron chi connectivity index (χ1n) is 6.80. The monoisotopic (exact) mass is 235 g/mol. The van der Waals surface area contributed by atoms with Gasteiger partial charge in [0.15, 0.2) is 5.76 Å². The van der Waals surface area contributed by atoms with Gasteiger partial charge in [-0.15, -0.1) is 0 Å². The molecule has 4 heteroatoms. The molecule has 3 rings (SSSR count). The fourth-order valence-electron chi connectivity index (χ4n) is 2.39. The second kappa shape index (κ2) is 5.19. The van der Waals surface area contributed by atoms with E-state index in [9.17, 15) is 0 Å². The molecule has 94 valence electrons. The van der Waals surface area contributed by atoms with E-state index in [4.69, 9.17) is 4.52 Å². The van der Waals surface area contributed by atoms with Gasteiger partial charge in [-0.25, -0.2) is 0 Å². The summed E-state index contributed by atoms with van der Waals surface area (Å²) in [6, 6.07) is 2.83. The van der Waals surface area contributed by atoms with E-state index >= 15 is 0 Å². The maximum atomic E-state index is 5.39. The number of aromatic nitrogens is 1. The first kappa shape index (κ1) is 11.2. The lowest BCUT2D eigenvalue weighted by atomic mass is 10.1. The fraction of sp³-hybridized carbons (Fsp3) is 0.769. The molecule has 0 atom stereocenters. The summed E-state index contributed by atoms with van der Waals surface area (Å²) in [6.07, 6.45) is 6.66. The van der Waals surface area contributed by atoms with Gasteiger partial charge in [0.2, 0.25) is 0 Å². The van der Waals surface area contributed by atoms with Crippen LogP contribution in [-0.2, 0) is 13.1 Å². The Morgan fingerprint density at radius 3 is 2.88 bits per heavy atom. The van der Waals surface area contributed by atoms with Crippen molar-refractivity contribution in [2.45, 2.75) is 51.2 Å². The Hall–Kier alpha value is -0.870. The summed E-state index contributed by atoms with van der Waals surface area (Å²) in [5, 5.41) is 7.57. The molecule has 0 bridgehead atoms. The van der Waals surface area contributed by atoms with Gasteiger partial charge in [-0.05, 0) is 38.8 Å². The highest BCUT2D eigenvalue weighted by atomic mass is 16.5. The zero-order valence-electron chi connectivity index (χ0n) is 10.3. The van der Waals surface area contributed by atoms with Crippen LogP contribution in [0.5, 0.6) is 0 Å². The van der Waals surface area contributed by atoms with Crippen LogP contribution in [-0.4, -0.2) is 29.2 Å². The van der Waals surface area contributed by atoms with Crippen molar-refractivity contribution < 1.29 is 4.52 Å². The van der Waals surface area contributed by atoms with Crippen LogP contribution in [0.2, 0.25) is 0 Å². The first-order chi connectivity index (χ1) is 8.40. The Labute approximate surface area is 102 Å². The van der Waals surface area contributed by atoms with Crippen LogP contribution in [0, 0.1) is 0 Å². The molecule has 1 aliphatic carbocycles. The van der Waals surface area contributed by atoms with Crippen molar-refractivity contribution in [1.82, 2.24) is 15.4 Å². The third kappa shape index (κ3) is 3.30. The van der Waals surface area contributed by atoms with Gasteiger partial charge in [-0.1, -0.05) is 11.6 Å². The Balaban J connectivity index is 1.48. The number of nitrogens with one attached hydrogen (secondary N) is 1. The summed E-state index contributed by atoms with van der Waals surface area (Å²) in [5.41, 5.74) is 1.05. The van der Waals surface area contributed by atoms with Gasteiger partial charge in [0.25, 0.3) is 0 Å². The van der Waals surface area contributed by atoms with E-state index in [2.05, 4.69) is 21.4 Å². The Bertz CT molecular complexity index is 353. The van der Waals surface area contributed by atoms with Crippen LogP contribution in [0.1, 0.15) is 43.6 Å². The molecule has 2 heterocycles. The molecule has 1 saturated heterocycles. The lowest BCUT2D eigenvalue weighted by Crippen LogP contribution is -2.28. The van der Waals surface area contributed by atoms with Gasteiger partial charge in [-0.2, -0.15) is 0 Å². The molecule has 0 radical (unpaired) electrons. The number of hydrogen-bond acceptors (Lipinski definition) is 4. The maximum Gasteiger partial charge on any atom is 0.151 e. The standard InChI is InChI=1S/C13H21N3O/c1-2-6-16(7-3-1)10-13-8-12(15-17-13)9-14-11-4-5-11/h8,11,14H,1-7,9-10H2. The Kier molecular flexibility index (Phi) is 3.43. The minimum Gasteiger partial charge on any atom is -0.360 e. The van der Waals surface area contributed by atoms with E-state index in [1.54, 1.807) is 0 Å². The molecule has 4 nitrogen and oxygen atoms in total. The predicted octanol–water partition coefficient (Wildman–Crippen LogP) is 1.91. The number of piperidine rings is 1. The molecule has 1 aliphatic heterocycles. The second-order valence-electron chi connectivity index (χ2n) is 5.28. The van der Waals surface area contributed by atoms with E-state index in [-0.39, 0.29) is 0 Å². The van der Waals surface area contributed by atoms with E-state index < -0.39 is 0 Å². The number of nitrogens with zero attached hydrogens (tertiary/aromatic N) is 2. The molecule has 2 aliphatic rings. The van der Waals surface area contributed by atoms with Crippen molar-refractivity contribution in [2.24, 2.45) is 0 Å². The number of likely N-dealkylation sites (tertiary alicyclic amines) is 1. The smallest absolute Gasteiger partial charge is 0.151 e. The largest absolute Gasteiger partial charge is 0.360 e. The highest BCUT2D eigenvalue weighted by Gasteiger charge is 2.20. The topological polar surface area (TPSA) is 41.3 Å². The molecule has 17 heavy (non-hydrogen) atoms. The van der Waals surface area contributed by atoms with Crippen LogP contribution >= 0.6 is 0 Å². The van der Waals surface area contributed by atoms with E-state index in [0.717, 1.165) is 30.6 Å². The fourth-order valence-corrected chi connectivity index (χ4v) is 2.39. The molecular formula is C13H21N3O. The molecule has 0 unspecified atom stereocenters. The zero-order valence-corrected chi connectivity index (χ0v) is 10.3. The molecule has 0 aromatic carbocycles. The molecular weight excluding hydrogens is 214 g/mol. The molecule has 1 aromatic heterocycles. The Morgan fingerprint density at radius 2 is 2.12 bits per heavy atom. The van der Waals surface area contributed by atoms with E-state index in [1.807, 2.05) is 0 Å². The quantitative estimate of drug-likeness (QED) is 0.846. The van der Waals surface area contributed by atoms with Gasteiger partial charge >= 0.3 is 0 Å². The van der Waals surface area contributed by atoms with E-state index in [0.29, 0.717) is 0 Å².